The Morgan fingerprint density at radius 3 is 2.63 bits per heavy atom. The topological polar surface area (TPSA) is 39.2 Å². The molecule has 3 heteroatoms. The quantitative estimate of drug-likeness (QED) is 0.770. The zero-order chi connectivity index (χ0) is 14.0. The first-order valence-corrected chi connectivity index (χ1v) is 6.43. The Kier molecular flexibility index (Phi) is 3.56. The Balaban J connectivity index is 2.26. The number of aromatic nitrogens is 1. The number of ether oxygens (including phenoxy) is 1. The van der Waals surface area contributed by atoms with Gasteiger partial charge in [0, 0.05) is 17.8 Å². The zero-order valence-electron chi connectivity index (χ0n) is 11.8. The van der Waals surface area contributed by atoms with Gasteiger partial charge in [0.2, 0.25) is 0 Å². The van der Waals surface area contributed by atoms with E-state index in [0.29, 0.717) is 0 Å². The number of carbonyl (C=O) groups is 1. The SMILES string of the molecule is CC(C(=O)OC(C)(C)C)c1ccc2cnccc2c1. The van der Waals surface area contributed by atoms with Crippen LogP contribution in [0, 0.1) is 0 Å². The molecule has 1 heterocycles. The number of fused-ring (bicyclic) bond motifs is 1. The molecule has 1 aromatic carbocycles. The van der Waals surface area contributed by atoms with Gasteiger partial charge in [0.25, 0.3) is 0 Å². The van der Waals surface area contributed by atoms with E-state index in [0.717, 1.165) is 16.3 Å². The number of rotatable bonds is 2. The van der Waals surface area contributed by atoms with Gasteiger partial charge in [-0.2, -0.15) is 0 Å². The fourth-order valence-corrected chi connectivity index (χ4v) is 1.90. The van der Waals surface area contributed by atoms with Crippen molar-refractivity contribution in [2.75, 3.05) is 0 Å². The summed E-state index contributed by atoms with van der Waals surface area (Å²) in [6.07, 6.45) is 3.57. The summed E-state index contributed by atoms with van der Waals surface area (Å²) in [6, 6.07) is 7.91. The Hall–Kier alpha value is -1.90. The molecule has 1 unspecified atom stereocenters. The highest BCUT2D eigenvalue weighted by Gasteiger charge is 2.22. The largest absolute Gasteiger partial charge is 0.460 e. The average Bonchev–Trinajstić information content (AvgIpc) is 2.35. The molecule has 0 N–H and O–H groups in total. The van der Waals surface area contributed by atoms with Gasteiger partial charge < -0.3 is 4.74 Å². The maximum atomic E-state index is 12.1. The van der Waals surface area contributed by atoms with E-state index in [1.807, 2.05) is 58.2 Å². The number of hydrogen-bond acceptors (Lipinski definition) is 3. The predicted molar refractivity (Wildman–Crippen MR) is 76.0 cm³/mol. The zero-order valence-corrected chi connectivity index (χ0v) is 11.8. The van der Waals surface area contributed by atoms with Crippen molar-refractivity contribution in [1.82, 2.24) is 4.98 Å². The van der Waals surface area contributed by atoms with Crippen LogP contribution in [0.1, 0.15) is 39.2 Å². The fourth-order valence-electron chi connectivity index (χ4n) is 1.90. The Bertz CT molecular complexity index is 599. The summed E-state index contributed by atoms with van der Waals surface area (Å²) in [5, 5.41) is 2.16. The molecule has 0 fully saturated rings. The molecule has 0 aliphatic rings. The molecule has 0 bridgehead atoms. The molecular formula is C16H19NO2. The van der Waals surface area contributed by atoms with Crippen LogP contribution in [0.2, 0.25) is 0 Å². The predicted octanol–water partition coefficient (Wildman–Crippen LogP) is 3.68. The minimum atomic E-state index is -0.452. The van der Waals surface area contributed by atoms with Crippen molar-refractivity contribution in [1.29, 1.82) is 0 Å². The van der Waals surface area contributed by atoms with Crippen molar-refractivity contribution in [3.05, 3.63) is 42.2 Å². The second-order valence-corrected chi connectivity index (χ2v) is 5.74. The van der Waals surface area contributed by atoms with E-state index >= 15 is 0 Å². The monoisotopic (exact) mass is 257 g/mol. The highest BCUT2D eigenvalue weighted by atomic mass is 16.6. The lowest BCUT2D eigenvalue weighted by Crippen LogP contribution is -2.26. The molecule has 0 saturated heterocycles. The van der Waals surface area contributed by atoms with Gasteiger partial charge >= 0.3 is 5.97 Å². The first-order valence-electron chi connectivity index (χ1n) is 6.43. The molecule has 19 heavy (non-hydrogen) atoms. The summed E-state index contributed by atoms with van der Waals surface area (Å²) in [7, 11) is 0. The fraction of sp³-hybridized carbons (Fsp3) is 0.375. The summed E-state index contributed by atoms with van der Waals surface area (Å²) in [5.74, 6) is -0.460. The van der Waals surface area contributed by atoms with Crippen LogP contribution >= 0.6 is 0 Å². The molecule has 0 aliphatic carbocycles. The second kappa shape index (κ2) is 5.00. The van der Waals surface area contributed by atoms with Crippen LogP contribution < -0.4 is 0 Å². The third-order valence-corrected chi connectivity index (χ3v) is 2.92. The first kappa shape index (κ1) is 13.5. The third kappa shape index (κ3) is 3.31. The summed E-state index contributed by atoms with van der Waals surface area (Å²) in [6.45, 7) is 7.51. The molecule has 0 saturated carbocycles. The third-order valence-electron chi connectivity index (χ3n) is 2.92. The molecule has 0 amide bonds. The number of carbonyl (C=O) groups excluding carboxylic acids is 1. The van der Waals surface area contributed by atoms with E-state index in [1.165, 1.54) is 0 Å². The molecule has 3 nitrogen and oxygen atoms in total. The molecule has 0 radical (unpaired) electrons. The van der Waals surface area contributed by atoms with Crippen molar-refractivity contribution < 1.29 is 9.53 Å². The van der Waals surface area contributed by atoms with E-state index in [1.54, 1.807) is 6.20 Å². The maximum Gasteiger partial charge on any atom is 0.313 e. The van der Waals surface area contributed by atoms with Gasteiger partial charge in [-0.25, -0.2) is 0 Å². The molecule has 1 aromatic heterocycles. The summed E-state index contributed by atoms with van der Waals surface area (Å²) < 4.78 is 5.41. The highest BCUT2D eigenvalue weighted by Crippen LogP contribution is 2.23. The Morgan fingerprint density at radius 2 is 1.95 bits per heavy atom. The number of benzene rings is 1. The van der Waals surface area contributed by atoms with Gasteiger partial charge in [-0.3, -0.25) is 9.78 Å². The normalized spacial score (nSPS) is 13.3. The number of hydrogen-bond donors (Lipinski definition) is 0. The van der Waals surface area contributed by atoms with Gasteiger partial charge in [-0.1, -0.05) is 18.2 Å². The van der Waals surface area contributed by atoms with Gasteiger partial charge in [-0.15, -0.1) is 0 Å². The van der Waals surface area contributed by atoms with Gasteiger partial charge in [0.15, 0.2) is 0 Å². The lowest BCUT2D eigenvalue weighted by Gasteiger charge is -2.22. The summed E-state index contributed by atoms with van der Waals surface area (Å²) >= 11 is 0. The standard InChI is InChI=1S/C16H19NO2/c1-11(15(18)19-16(2,3)4)12-5-6-14-10-17-8-7-13(14)9-12/h5-11H,1-4H3. The Morgan fingerprint density at radius 1 is 1.21 bits per heavy atom. The molecule has 1 atom stereocenters. The molecule has 0 aliphatic heterocycles. The minimum absolute atomic E-state index is 0.194. The van der Waals surface area contributed by atoms with Gasteiger partial charge in [-0.05, 0) is 44.7 Å². The molecular weight excluding hydrogens is 238 g/mol. The van der Waals surface area contributed by atoms with Gasteiger partial charge in [0.05, 0.1) is 5.92 Å². The number of nitrogens with zero attached hydrogens (tertiary/aromatic N) is 1. The average molecular weight is 257 g/mol. The maximum absolute atomic E-state index is 12.1. The van der Waals surface area contributed by atoms with E-state index in [4.69, 9.17) is 4.74 Å². The van der Waals surface area contributed by atoms with Crippen LogP contribution in [-0.2, 0) is 9.53 Å². The van der Waals surface area contributed by atoms with E-state index in [2.05, 4.69) is 4.98 Å². The smallest absolute Gasteiger partial charge is 0.313 e. The van der Waals surface area contributed by atoms with Crippen LogP contribution in [0.3, 0.4) is 0 Å². The van der Waals surface area contributed by atoms with Crippen LogP contribution in [0.5, 0.6) is 0 Å². The minimum Gasteiger partial charge on any atom is -0.460 e. The summed E-state index contributed by atoms with van der Waals surface area (Å²) in [4.78, 5) is 16.1. The lowest BCUT2D eigenvalue weighted by molar-refractivity contribution is -0.156. The van der Waals surface area contributed by atoms with Crippen molar-refractivity contribution >= 4 is 16.7 Å². The summed E-state index contributed by atoms with van der Waals surface area (Å²) in [5.41, 5.74) is 0.513. The second-order valence-electron chi connectivity index (χ2n) is 5.74. The van der Waals surface area contributed by atoms with Crippen molar-refractivity contribution in [2.45, 2.75) is 39.2 Å². The molecule has 2 aromatic rings. The van der Waals surface area contributed by atoms with E-state index < -0.39 is 5.60 Å². The van der Waals surface area contributed by atoms with E-state index in [-0.39, 0.29) is 11.9 Å². The van der Waals surface area contributed by atoms with Crippen molar-refractivity contribution in [3.63, 3.8) is 0 Å². The lowest BCUT2D eigenvalue weighted by atomic mass is 9.98. The number of esters is 1. The first-order chi connectivity index (χ1) is 8.87. The van der Waals surface area contributed by atoms with Crippen LogP contribution in [0.4, 0.5) is 0 Å². The van der Waals surface area contributed by atoms with Crippen molar-refractivity contribution in [2.24, 2.45) is 0 Å². The molecule has 2 rings (SSSR count). The van der Waals surface area contributed by atoms with E-state index in [9.17, 15) is 4.79 Å². The number of pyridine rings is 1. The van der Waals surface area contributed by atoms with Crippen LogP contribution in [0.25, 0.3) is 10.8 Å². The Labute approximate surface area is 113 Å². The van der Waals surface area contributed by atoms with Crippen LogP contribution in [0.15, 0.2) is 36.7 Å². The highest BCUT2D eigenvalue weighted by molar-refractivity contribution is 5.85. The van der Waals surface area contributed by atoms with Gasteiger partial charge in [0.1, 0.15) is 5.60 Å². The van der Waals surface area contributed by atoms with Crippen molar-refractivity contribution in [3.8, 4) is 0 Å². The molecule has 0 spiro atoms. The molecule has 100 valence electrons. The van der Waals surface area contributed by atoms with Crippen LogP contribution in [-0.4, -0.2) is 16.6 Å².